The maximum Gasteiger partial charge on any atom is 0.333 e. The molecule has 0 aliphatic carbocycles. The van der Waals surface area contributed by atoms with Crippen LogP contribution in [0, 0.1) is 5.92 Å². The smallest absolute Gasteiger partial charge is 0.333 e. The maximum atomic E-state index is 11.3. The molecule has 0 aromatic rings. The summed E-state index contributed by atoms with van der Waals surface area (Å²) >= 11 is 0. The molecule has 1 unspecified atom stereocenters. The van der Waals surface area contributed by atoms with Crippen molar-refractivity contribution in [3.05, 3.63) is 24.3 Å². The highest BCUT2D eigenvalue weighted by atomic mass is 16.5. The summed E-state index contributed by atoms with van der Waals surface area (Å²) in [4.78, 5) is 22.5. The first-order valence-electron chi connectivity index (χ1n) is 9.03. The van der Waals surface area contributed by atoms with Gasteiger partial charge < -0.3 is 9.47 Å². The van der Waals surface area contributed by atoms with Crippen LogP contribution in [0.15, 0.2) is 24.3 Å². The first kappa shape index (κ1) is 22.4. The maximum absolute atomic E-state index is 11.3. The molecule has 0 rings (SSSR count). The predicted octanol–water partition coefficient (Wildman–Crippen LogP) is 4.98. The third-order valence-corrected chi connectivity index (χ3v) is 4.00. The Balaban J connectivity index is 3.58. The van der Waals surface area contributed by atoms with E-state index < -0.39 is 0 Å². The number of hydrogen-bond donors (Lipinski definition) is 0. The van der Waals surface area contributed by atoms with Gasteiger partial charge in [-0.2, -0.15) is 0 Å². The van der Waals surface area contributed by atoms with Crippen molar-refractivity contribution < 1.29 is 19.1 Å². The van der Waals surface area contributed by atoms with E-state index >= 15 is 0 Å². The lowest BCUT2D eigenvalue weighted by atomic mass is 9.94. The fourth-order valence-corrected chi connectivity index (χ4v) is 2.39. The molecule has 24 heavy (non-hydrogen) atoms. The van der Waals surface area contributed by atoms with Gasteiger partial charge in [0.2, 0.25) is 0 Å². The van der Waals surface area contributed by atoms with Gasteiger partial charge in [0.05, 0.1) is 13.2 Å². The van der Waals surface area contributed by atoms with Crippen molar-refractivity contribution in [2.45, 2.75) is 72.1 Å². The number of esters is 2. The highest BCUT2D eigenvalue weighted by Crippen LogP contribution is 2.19. The third kappa shape index (κ3) is 11.9. The van der Waals surface area contributed by atoms with Crippen molar-refractivity contribution in [1.82, 2.24) is 0 Å². The summed E-state index contributed by atoms with van der Waals surface area (Å²) < 4.78 is 10.2. The largest absolute Gasteiger partial charge is 0.462 e. The van der Waals surface area contributed by atoms with Gasteiger partial charge in [-0.3, -0.25) is 0 Å². The average molecular weight is 338 g/mol. The molecule has 0 bridgehead atoms. The molecule has 0 spiro atoms. The van der Waals surface area contributed by atoms with Crippen molar-refractivity contribution in [3.63, 3.8) is 0 Å². The Labute approximate surface area is 147 Å². The Morgan fingerprint density at radius 2 is 1.25 bits per heavy atom. The first-order chi connectivity index (χ1) is 11.4. The van der Waals surface area contributed by atoms with E-state index in [4.69, 9.17) is 9.47 Å². The number of carbonyl (C=O) groups is 2. The van der Waals surface area contributed by atoms with Crippen LogP contribution in [-0.2, 0) is 19.1 Å². The zero-order valence-electron chi connectivity index (χ0n) is 15.7. The van der Waals surface area contributed by atoms with E-state index in [1.54, 1.807) is 13.8 Å². The summed E-state index contributed by atoms with van der Waals surface area (Å²) in [5.74, 6) is 0.0959. The molecule has 0 fully saturated rings. The van der Waals surface area contributed by atoms with Gasteiger partial charge in [0, 0.05) is 11.1 Å². The van der Waals surface area contributed by atoms with E-state index in [9.17, 15) is 9.59 Å². The number of unbranched alkanes of at least 4 members (excludes halogenated alkanes) is 3. The van der Waals surface area contributed by atoms with E-state index in [0.717, 1.165) is 38.5 Å². The minimum Gasteiger partial charge on any atom is -0.462 e. The Hall–Kier alpha value is -1.58. The van der Waals surface area contributed by atoms with Crippen LogP contribution >= 0.6 is 0 Å². The zero-order chi connectivity index (χ0) is 18.4. The summed E-state index contributed by atoms with van der Waals surface area (Å²) in [5, 5.41) is 0. The zero-order valence-corrected chi connectivity index (χ0v) is 15.7. The van der Waals surface area contributed by atoms with Crippen LogP contribution in [0.4, 0.5) is 0 Å². The molecule has 0 heterocycles. The highest BCUT2D eigenvalue weighted by Gasteiger charge is 2.08. The minimum absolute atomic E-state index is 0.296. The van der Waals surface area contributed by atoms with Crippen molar-refractivity contribution in [2.24, 2.45) is 5.92 Å². The van der Waals surface area contributed by atoms with Gasteiger partial charge in [0.25, 0.3) is 0 Å². The van der Waals surface area contributed by atoms with Gasteiger partial charge in [-0.1, -0.05) is 52.2 Å². The van der Waals surface area contributed by atoms with Gasteiger partial charge in [-0.05, 0) is 39.0 Å². The van der Waals surface area contributed by atoms with E-state index in [0.29, 0.717) is 30.3 Å². The Bertz CT molecular complexity index is 412. The molecule has 0 saturated heterocycles. The van der Waals surface area contributed by atoms with Crippen LogP contribution in [0.3, 0.4) is 0 Å². The first-order valence-corrected chi connectivity index (χ1v) is 9.03. The summed E-state index contributed by atoms with van der Waals surface area (Å²) in [7, 11) is 0. The number of ether oxygens (including phenoxy) is 2. The quantitative estimate of drug-likeness (QED) is 0.254. The van der Waals surface area contributed by atoms with Gasteiger partial charge in [-0.25, -0.2) is 9.59 Å². The van der Waals surface area contributed by atoms with Gasteiger partial charge in [0.15, 0.2) is 0 Å². The molecule has 0 aromatic carbocycles. The summed E-state index contributed by atoms with van der Waals surface area (Å²) in [6.45, 7) is 13.6. The second kappa shape index (κ2) is 13.8. The SMILES string of the molecule is C=C(C)C(=O)OCCCCCCC(CC)CCCOC(=O)C(=C)C. The van der Waals surface area contributed by atoms with Crippen molar-refractivity contribution in [1.29, 1.82) is 0 Å². The Kier molecular flexibility index (Phi) is 12.9. The van der Waals surface area contributed by atoms with E-state index in [-0.39, 0.29) is 11.9 Å². The molecule has 1 atom stereocenters. The van der Waals surface area contributed by atoms with E-state index in [1.807, 2.05) is 0 Å². The van der Waals surface area contributed by atoms with Gasteiger partial charge >= 0.3 is 11.9 Å². The number of rotatable bonds is 14. The average Bonchev–Trinajstić information content (AvgIpc) is 2.54. The molecular formula is C20H34O4. The van der Waals surface area contributed by atoms with Crippen molar-refractivity contribution in [3.8, 4) is 0 Å². The lowest BCUT2D eigenvalue weighted by molar-refractivity contribution is -0.140. The highest BCUT2D eigenvalue weighted by molar-refractivity contribution is 5.87. The Morgan fingerprint density at radius 1 is 0.792 bits per heavy atom. The summed E-state index contributed by atoms with van der Waals surface area (Å²) in [5.41, 5.74) is 0.908. The molecule has 0 aliphatic rings. The molecule has 0 amide bonds. The summed E-state index contributed by atoms with van der Waals surface area (Å²) in [6, 6.07) is 0. The van der Waals surface area contributed by atoms with Crippen LogP contribution < -0.4 is 0 Å². The van der Waals surface area contributed by atoms with Crippen LogP contribution in [0.1, 0.15) is 72.1 Å². The topological polar surface area (TPSA) is 52.6 Å². The van der Waals surface area contributed by atoms with Crippen molar-refractivity contribution in [2.75, 3.05) is 13.2 Å². The standard InChI is InChI=1S/C20H34O4/c1-6-18(13-11-15-24-20(22)17(4)5)12-9-7-8-10-14-23-19(21)16(2)3/h18H,2,4,6-15H2,1,3,5H3. The molecule has 138 valence electrons. The number of hydrogen-bond acceptors (Lipinski definition) is 4. The fourth-order valence-electron chi connectivity index (χ4n) is 2.39. The van der Waals surface area contributed by atoms with E-state index in [1.165, 1.54) is 12.8 Å². The second-order valence-corrected chi connectivity index (χ2v) is 6.45. The molecule has 4 heteroatoms. The normalized spacial score (nSPS) is 11.6. The molecule has 0 saturated carbocycles. The minimum atomic E-state index is -0.298. The fraction of sp³-hybridized carbons (Fsp3) is 0.700. The lowest BCUT2D eigenvalue weighted by Crippen LogP contribution is -2.08. The number of carbonyl (C=O) groups excluding carboxylic acids is 2. The molecule has 4 nitrogen and oxygen atoms in total. The third-order valence-electron chi connectivity index (χ3n) is 4.00. The Morgan fingerprint density at radius 3 is 1.75 bits per heavy atom. The monoisotopic (exact) mass is 338 g/mol. The summed E-state index contributed by atoms with van der Waals surface area (Å²) in [6.07, 6.45) is 8.71. The van der Waals surface area contributed by atoms with Crippen LogP contribution in [-0.4, -0.2) is 25.2 Å². The van der Waals surface area contributed by atoms with Gasteiger partial charge in [-0.15, -0.1) is 0 Å². The van der Waals surface area contributed by atoms with Crippen LogP contribution in [0.5, 0.6) is 0 Å². The predicted molar refractivity (Wildman–Crippen MR) is 97.6 cm³/mol. The van der Waals surface area contributed by atoms with Crippen LogP contribution in [0.25, 0.3) is 0 Å². The van der Waals surface area contributed by atoms with Crippen LogP contribution in [0.2, 0.25) is 0 Å². The second-order valence-electron chi connectivity index (χ2n) is 6.45. The lowest BCUT2D eigenvalue weighted by Gasteiger charge is -2.14. The molecule has 0 N–H and O–H groups in total. The molecule has 0 radical (unpaired) electrons. The molecule has 0 aromatic heterocycles. The van der Waals surface area contributed by atoms with E-state index in [2.05, 4.69) is 20.1 Å². The van der Waals surface area contributed by atoms with Gasteiger partial charge in [0.1, 0.15) is 0 Å². The molecule has 0 aliphatic heterocycles. The molecular weight excluding hydrogens is 304 g/mol. The van der Waals surface area contributed by atoms with Crippen molar-refractivity contribution >= 4 is 11.9 Å².